The highest BCUT2D eigenvalue weighted by Gasteiger charge is 2.71. The van der Waals surface area contributed by atoms with E-state index in [1.807, 2.05) is 12.1 Å². The monoisotopic (exact) mass is 309 g/mol. The first-order valence-electron chi connectivity index (χ1n) is 6.72. The van der Waals surface area contributed by atoms with Crippen LogP contribution >= 0.6 is 0 Å². The molecule has 1 aromatic carbocycles. The molecule has 0 spiro atoms. The minimum Gasteiger partial charge on any atom is -0.497 e. The Morgan fingerprint density at radius 2 is 1.90 bits per heavy atom. The van der Waals surface area contributed by atoms with Gasteiger partial charge in [0.2, 0.25) is 0 Å². The molecule has 21 heavy (non-hydrogen) atoms. The van der Waals surface area contributed by atoms with E-state index in [9.17, 15) is 13.7 Å². The highest BCUT2D eigenvalue weighted by Crippen LogP contribution is 2.62. The first-order valence-corrected chi connectivity index (χ1v) is 8.44. The lowest BCUT2D eigenvalue weighted by atomic mass is 10.0. The Morgan fingerprint density at radius 1 is 1.29 bits per heavy atom. The fourth-order valence-corrected chi connectivity index (χ4v) is 4.98. The van der Waals surface area contributed by atoms with Crippen molar-refractivity contribution in [1.29, 1.82) is 5.26 Å². The van der Waals surface area contributed by atoms with Gasteiger partial charge in [0.1, 0.15) is 11.2 Å². The molecule has 0 aliphatic heterocycles. The molecule has 5 nitrogen and oxygen atoms in total. The van der Waals surface area contributed by atoms with Crippen LogP contribution < -0.4 is 4.74 Å². The molecule has 2 rings (SSSR count). The maximum absolute atomic E-state index is 12.3. The molecule has 1 aliphatic carbocycles. The standard InChI is InChI=1S/C15H19NO4S/c1-4-21(17,18)14-13(15(14,9-16)10-19-2)11-5-7-12(20-3)8-6-11/h5-8,13-14H,4,10H2,1-3H3/t13-,14+,15-/m1/s1. The predicted octanol–water partition coefficient (Wildman–Crippen LogP) is 1.75. The van der Waals surface area contributed by atoms with E-state index in [1.54, 1.807) is 26.2 Å². The average Bonchev–Trinajstić information content (AvgIpc) is 3.18. The highest BCUT2D eigenvalue weighted by atomic mass is 32.2. The summed E-state index contributed by atoms with van der Waals surface area (Å²) in [5.41, 5.74) is -0.158. The van der Waals surface area contributed by atoms with Gasteiger partial charge in [0.15, 0.2) is 9.84 Å². The molecule has 1 saturated carbocycles. The molecule has 0 aromatic heterocycles. The average molecular weight is 309 g/mol. The lowest BCUT2D eigenvalue weighted by Crippen LogP contribution is -2.20. The smallest absolute Gasteiger partial charge is 0.155 e. The summed E-state index contributed by atoms with van der Waals surface area (Å²) in [5, 5.41) is 8.83. The van der Waals surface area contributed by atoms with E-state index in [1.165, 1.54) is 7.11 Å². The minimum atomic E-state index is -3.31. The molecule has 0 N–H and O–H groups in total. The van der Waals surface area contributed by atoms with Crippen LogP contribution in [0, 0.1) is 16.7 Å². The van der Waals surface area contributed by atoms with Crippen molar-refractivity contribution in [3.8, 4) is 11.8 Å². The zero-order chi connectivity index (χ0) is 15.7. The van der Waals surface area contributed by atoms with Crippen LogP contribution in [0.3, 0.4) is 0 Å². The Balaban J connectivity index is 2.42. The Bertz CT molecular complexity index is 647. The number of nitriles is 1. The summed E-state index contributed by atoms with van der Waals surface area (Å²) in [4.78, 5) is 0. The van der Waals surface area contributed by atoms with Crippen LogP contribution in [0.15, 0.2) is 24.3 Å². The summed E-state index contributed by atoms with van der Waals surface area (Å²) in [6, 6.07) is 9.37. The maximum Gasteiger partial charge on any atom is 0.155 e. The number of ether oxygens (including phenoxy) is 2. The molecule has 0 amide bonds. The normalized spacial score (nSPS) is 27.9. The summed E-state index contributed by atoms with van der Waals surface area (Å²) in [6.07, 6.45) is 0. The van der Waals surface area contributed by atoms with Crippen LogP contribution in [0.4, 0.5) is 0 Å². The second-order valence-electron chi connectivity index (χ2n) is 5.21. The molecule has 0 unspecified atom stereocenters. The van der Waals surface area contributed by atoms with E-state index in [0.717, 1.165) is 5.56 Å². The van der Waals surface area contributed by atoms with Gasteiger partial charge in [-0.15, -0.1) is 0 Å². The van der Waals surface area contributed by atoms with Gasteiger partial charge in [-0.1, -0.05) is 19.1 Å². The summed E-state index contributed by atoms with van der Waals surface area (Å²) in [7, 11) is -0.259. The second kappa shape index (κ2) is 5.66. The van der Waals surface area contributed by atoms with E-state index in [-0.39, 0.29) is 18.3 Å². The quantitative estimate of drug-likeness (QED) is 0.800. The molecule has 3 atom stereocenters. The number of benzene rings is 1. The van der Waals surface area contributed by atoms with Crippen molar-refractivity contribution in [2.24, 2.45) is 5.41 Å². The Morgan fingerprint density at radius 3 is 2.33 bits per heavy atom. The van der Waals surface area contributed by atoms with Crippen molar-refractivity contribution in [1.82, 2.24) is 0 Å². The zero-order valence-electron chi connectivity index (χ0n) is 12.4. The molecule has 1 aliphatic rings. The molecular weight excluding hydrogens is 290 g/mol. The van der Waals surface area contributed by atoms with E-state index < -0.39 is 20.5 Å². The van der Waals surface area contributed by atoms with Crippen LogP contribution in [0.1, 0.15) is 18.4 Å². The molecule has 0 bridgehead atoms. The van der Waals surface area contributed by atoms with E-state index in [0.29, 0.717) is 5.75 Å². The molecule has 1 fully saturated rings. The van der Waals surface area contributed by atoms with Gasteiger partial charge in [-0.3, -0.25) is 0 Å². The Hall–Kier alpha value is -1.58. The van der Waals surface area contributed by atoms with Gasteiger partial charge in [0.25, 0.3) is 0 Å². The number of hydrogen-bond acceptors (Lipinski definition) is 5. The van der Waals surface area contributed by atoms with Gasteiger partial charge in [-0.2, -0.15) is 5.26 Å². The molecule has 114 valence electrons. The third kappa shape index (κ3) is 2.52. The number of methoxy groups -OCH3 is 2. The van der Waals surface area contributed by atoms with Gasteiger partial charge < -0.3 is 9.47 Å². The van der Waals surface area contributed by atoms with E-state index in [4.69, 9.17) is 9.47 Å². The molecular formula is C15H19NO4S. The molecule has 0 saturated heterocycles. The number of hydrogen-bond donors (Lipinski definition) is 0. The zero-order valence-corrected chi connectivity index (χ0v) is 13.2. The second-order valence-corrected chi connectivity index (χ2v) is 7.62. The maximum atomic E-state index is 12.3. The fourth-order valence-electron chi connectivity index (χ4n) is 2.97. The van der Waals surface area contributed by atoms with Crippen molar-refractivity contribution in [3.63, 3.8) is 0 Å². The summed E-state index contributed by atoms with van der Waals surface area (Å²) in [6.45, 7) is 1.72. The predicted molar refractivity (Wildman–Crippen MR) is 78.9 cm³/mol. The summed E-state index contributed by atoms with van der Waals surface area (Å²) >= 11 is 0. The fraction of sp³-hybridized carbons (Fsp3) is 0.533. The van der Waals surface area contributed by atoms with Gasteiger partial charge in [-0.05, 0) is 17.7 Å². The third-order valence-corrected chi connectivity index (χ3v) is 6.38. The Kier molecular flexibility index (Phi) is 4.26. The largest absolute Gasteiger partial charge is 0.497 e. The Labute approximate surface area is 125 Å². The molecule has 0 radical (unpaired) electrons. The van der Waals surface area contributed by atoms with Crippen molar-refractivity contribution in [3.05, 3.63) is 29.8 Å². The van der Waals surface area contributed by atoms with Crippen molar-refractivity contribution >= 4 is 9.84 Å². The minimum absolute atomic E-state index is 0.0253. The number of rotatable bonds is 6. The first-order chi connectivity index (χ1) is 9.96. The van der Waals surface area contributed by atoms with Crippen molar-refractivity contribution < 1.29 is 17.9 Å². The number of sulfone groups is 1. The van der Waals surface area contributed by atoms with Crippen LogP contribution in [0.5, 0.6) is 5.75 Å². The number of nitrogens with zero attached hydrogens (tertiary/aromatic N) is 1. The van der Waals surface area contributed by atoms with Crippen LogP contribution in [0.2, 0.25) is 0 Å². The lowest BCUT2D eigenvalue weighted by molar-refractivity contribution is 0.162. The van der Waals surface area contributed by atoms with Gasteiger partial charge in [0.05, 0.1) is 25.0 Å². The van der Waals surface area contributed by atoms with Gasteiger partial charge in [-0.25, -0.2) is 8.42 Å². The highest BCUT2D eigenvalue weighted by molar-refractivity contribution is 7.92. The topological polar surface area (TPSA) is 76.4 Å². The summed E-state index contributed by atoms with van der Waals surface area (Å²) < 4.78 is 34.8. The van der Waals surface area contributed by atoms with Crippen LogP contribution in [0.25, 0.3) is 0 Å². The summed E-state index contributed by atoms with van der Waals surface area (Å²) in [5.74, 6) is 0.374. The van der Waals surface area contributed by atoms with Gasteiger partial charge >= 0.3 is 0 Å². The third-order valence-electron chi connectivity index (χ3n) is 4.11. The van der Waals surface area contributed by atoms with Crippen molar-refractivity contribution in [2.75, 3.05) is 26.6 Å². The van der Waals surface area contributed by atoms with E-state index >= 15 is 0 Å². The lowest BCUT2D eigenvalue weighted by Gasteiger charge is -2.07. The van der Waals surface area contributed by atoms with Crippen LogP contribution in [-0.2, 0) is 14.6 Å². The molecule has 0 heterocycles. The van der Waals surface area contributed by atoms with E-state index in [2.05, 4.69) is 6.07 Å². The molecule has 6 heteroatoms. The van der Waals surface area contributed by atoms with Gasteiger partial charge in [0, 0.05) is 18.8 Å². The van der Waals surface area contributed by atoms with Crippen LogP contribution in [-0.4, -0.2) is 40.2 Å². The van der Waals surface area contributed by atoms with Crippen molar-refractivity contribution in [2.45, 2.75) is 18.1 Å². The SMILES string of the molecule is CCS(=O)(=O)[C@H]1[C@@H](c2ccc(OC)cc2)[C@@]1(C#N)COC. The molecule has 1 aromatic rings. The first kappa shape index (κ1) is 15.8.